The van der Waals surface area contributed by atoms with Crippen LogP contribution in [0.15, 0.2) is 64.9 Å². The second-order valence-corrected chi connectivity index (χ2v) is 15.0. The number of nitrogens with one attached hydrogen (secondary N) is 1. The molecule has 1 saturated heterocycles. The molecule has 1 fully saturated rings. The minimum absolute atomic E-state index is 0.147. The van der Waals surface area contributed by atoms with E-state index in [4.69, 9.17) is 21.1 Å². The smallest absolute Gasteiger partial charge is 0.253 e. The largest absolute Gasteiger partial charge is 0.497 e. The van der Waals surface area contributed by atoms with Crippen molar-refractivity contribution >= 4 is 54.6 Å². The van der Waals surface area contributed by atoms with E-state index < -0.39 is 27.8 Å². The van der Waals surface area contributed by atoms with Crippen LogP contribution >= 0.6 is 22.9 Å². The fraction of sp³-hybridized carbons (Fsp3) is 0.344. The van der Waals surface area contributed by atoms with E-state index in [0.717, 1.165) is 32.9 Å². The number of aryl methyl sites for hydroxylation is 1. The number of thiophene rings is 1. The van der Waals surface area contributed by atoms with Gasteiger partial charge < -0.3 is 24.4 Å². The standard InChI is InChI=1S/C32H34ClN3O6S2/c1-19-24-17-21(33)9-11-27(24)43-31(19)44(39,40)34-28-25-16-20(8-10-26(25)42-32(2,3)29(28)37)30(38)36-14-12-35(13-15-36)22-6-5-7-23(18-22)41-4/h5-11,16-18,28-29,34,37H,12-15H2,1-4H3/t28-,29+/m1/s1. The normalized spacial score (nSPS) is 19.9. The fourth-order valence-electron chi connectivity index (χ4n) is 5.87. The molecule has 0 bridgehead atoms. The van der Waals surface area contributed by atoms with Gasteiger partial charge in [-0.05, 0) is 80.3 Å². The third-order valence-electron chi connectivity index (χ3n) is 8.36. The molecule has 44 heavy (non-hydrogen) atoms. The van der Waals surface area contributed by atoms with Gasteiger partial charge in [0.05, 0.1) is 13.2 Å². The first-order chi connectivity index (χ1) is 20.9. The van der Waals surface area contributed by atoms with Crippen LogP contribution in [0.5, 0.6) is 11.5 Å². The maximum absolute atomic E-state index is 13.8. The van der Waals surface area contributed by atoms with Gasteiger partial charge >= 0.3 is 0 Å². The number of methoxy groups -OCH3 is 1. The van der Waals surface area contributed by atoms with Gasteiger partial charge in [0.15, 0.2) is 0 Å². The van der Waals surface area contributed by atoms with Crippen LogP contribution in [0.1, 0.15) is 41.4 Å². The van der Waals surface area contributed by atoms with E-state index >= 15 is 0 Å². The van der Waals surface area contributed by atoms with Crippen molar-refractivity contribution in [2.75, 3.05) is 38.2 Å². The van der Waals surface area contributed by atoms with E-state index in [1.165, 1.54) is 0 Å². The molecule has 0 unspecified atom stereocenters. The van der Waals surface area contributed by atoms with Crippen molar-refractivity contribution < 1.29 is 27.8 Å². The molecule has 9 nitrogen and oxygen atoms in total. The number of aliphatic hydroxyl groups excluding tert-OH is 1. The van der Waals surface area contributed by atoms with Crippen LogP contribution in [0, 0.1) is 6.92 Å². The molecular weight excluding hydrogens is 622 g/mol. The van der Waals surface area contributed by atoms with Crippen molar-refractivity contribution in [3.63, 3.8) is 0 Å². The molecule has 3 heterocycles. The zero-order chi connectivity index (χ0) is 31.4. The first-order valence-electron chi connectivity index (χ1n) is 14.3. The number of carbonyl (C=O) groups is 1. The summed E-state index contributed by atoms with van der Waals surface area (Å²) >= 11 is 7.32. The summed E-state index contributed by atoms with van der Waals surface area (Å²) in [6.07, 6.45) is -1.23. The first kappa shape index (κ1) is 30.7. The second-order valence-electron chi connectivity index (χ2n) is 11.6. The molecule has 232 valence electrons. The lowest BCUT2D eigenvalue weighted by Crippen LogP contribution is -2.53. The summed E-state index contributed by atoms with van der Waals surface area (Å²) < 4.78 is 42.8. The van der Waals surface area contributed by atoms with Crippen LogP contribution in [-0.2, 0) is 10.0 Å². The Kier molecular flexibility index (Phi) is 8.04. The number of hydrogen-bond donors (Lipinski definition) is 2. The average molecular weight is 656 g/mol. The SMILES string of the molecule is COc1cccc(N2CCN(C(=O)c3ccc4c(c3)[C@@H](NS(=O)(=O)c3sc5ccc(Cl)cc5c3C)[C@H](O)C(C)(C)O4)CC2)c1. The summed E-state index contributed by atoms with van der Waals surface area (Å²) in [6, 6.07) is 17.1. The molecule has 2 aliphatic rings. The summed E-state index contributed by atoms with van der Waals surface area (Å²) in [7, 11) is -2.45. The molecule has 2 N–H and O–H groups in total. The van der Waals surface area contributed by atoms with Crippen molar-refractivity contribution in [3.05, 3.63) is 82.4 Å². The molecule has 1 amide bonds. The van der Waals surface area contributed by atoms with Gasteiger partial charge in [-0.25, -0.2) is 13.1 Å². The lowest BCUT2D eigenvalue weighted by atomic mass is 9.86. The fourth-order valence-corrected chi connectivity index (χ4v) is 9.02. The van der Waals surface area contributed by atoms with Crippen LogP contribution in [-0.4, -0.2) is 69.3 Å². The minimum atomic E-state index is -4.08. The highest BCUT2D eigenvalue weighted by Crippen LogP contribution is 2.42. The van der Waals surface area contributed by atoms with Crippen LogP contribution in [0.2, 0.25) is 5.02 Å². The molecule has 0 spiro atoms. The van der Waals surface area contributed by atoms with Crippen molar-refractivity contribution in [1.82, 2.24) is 9.62 Å². The van der Waals surface area contributed by atoms with E-state index in [0.29, 0.717) is 53.6 Å². The number of ether oxygens (including phenoxy) is 2. The van der Waals surface area contributed by atoms with Gasteiger partial charge in [-0.2, -0.15) is 0 Å². The number of amides is 1. The van der Waals surface area contributed by atoms with Crippen molar-refractivity contribution in [2.24, 2.45) is 0 Å². The number of nitrogens with zero attached hydrogens (tertiary/aromatic N) is 2. The van der Waals surface area contributed by atoms with Crippen molar-refractivity contribution in [1.29, 1.82) is 0 Å². The van der Waals surface area contributed by atoms with Crippen LogP contribution in [0.4, 0.5) is 5.69 Å². The van der Waals surface area contributed by atoms with E-state index in [1.807, 2.05) is 24.3 Å². The Morgan fingerprint density at radius 1 is 1.09 bits per heavy atom. The topological polar surface area (TPSA) is 108 Å². The zero-order valence-corrected chi connectivity index (χ0v) is 27.2. The Hall–Kier alpha value is -3.35. The lowest BCUT2D eigenvalue weighted by molar-refractivity contribution is -0.0603. The Balaban J connectivity index is 1.26. The summed E-state index contributed by atoms with van der Waals surface area (Å²) in [4.78, 5) is 17.7. The van der Waals surface area contributed by atoms with E-state index in [9.17, 15) is 18.3 Å². The number of benzene rings is 3. The van der Waals surface area contributed by atoms with Crippen molar-refractivity contribution in [2.45, 2.75) is 42.7 Å². The Morgan fingerprint density at radius 2 is 1.84 bits per heavy atom. The quantitative estimate of drug-likeness (QED) is 0.287. The number of piperazine rings is 1. The maximum Gasteiger partial charge on any atom is 0.253 e. The lowest BCUT2D eigenvalue weighted by Gasteiger charge is -2.42. The summed E-state index contributed by atoms with van der Waals surface area (Å²) in [5.74, 6) is 1.02. The first-order valence-corrected chi connectivity index (χ1v) is 17.0. The third kappa shape index (κ3) is 5.63. The monoisotopic (exact) mass is 655 g/mol. The molecule has 4 aromatic rings. The van der Waals surface area contributed by atoms with Gasteiger partial charge in [-0.15, -0.1) is 11.3 Å². The summed E-state index contributed by atoms with van der Waals surface area (Å²) in [5, 5.41) is 12.7. The van der Waals surface area contributed by atoms with Crippen molar-refractivity contribution in [3.8, 4) is 11.5 Å². The van der Waals surface area contributed by atoms with E-state index in [2.05, 4.69) is 9.62 Å². The Morgan fingerprint density at radius 3 is 2.57 bits per heavy atom. The maximum atomic E-state index is 13.8. The predicted molar refractivity (Wildman–Crippen MR) is 173 cm³/mol. The minimum Gasteiger partial charge on any atom is -0.497 e. The van der Waals surface area contributed by atoms with E-state index in [1.54, 1.807) is 69.2 Å². The van der Waals surface area contributed by atoms with Crippen LogP contribution in [0.25, 0.3) is 10.1 Å². The second kappa shape index (κ2) is 11.5. The van der Waals surface area contributed by atoms with Gasteiger partial charge in [0.2, 0.25) is 0 Å². The summed E-state index contributed by atoms with van der Waals surface area (Å²) in [5.41, 5.74) is 1.32. The molecule has 0 saturated carbocycles. The number of fused-ring (bicyclic) bond motifs is 2. The van der Waals surface area contributed by atoms with E-state index in [-0.39, 0.29) is 10.1 Å². The number of rotatable bonds is 6. The molecular formula is C32H34ClN3O6S2. The third-order valence-corrected chi connectivity index (χ3v) is 11.9. The number of sulfonamides is 1. The average Bonchev–Trinajstić information content (AvgIpc) is 3.35. The molecule has 0 aliphatic carbocycles. The van der Waals surface area contributed by atoms with Gasteiger partial charge in [-0.1, -0.05) is 17.7 Å². The molecule has 1 aromatic heterocycles. The molecule has 0 radical (unpaired) electrons. The summed E-state index contributed by atoms with van der Waals surface area (Å²) in [6.45, 7) is 7.50. The molecule has 6 rings (SSSR count). The molecule has 12 heteroatoms. The predicted octanol–water partition coefficient (Wildman–Crippen LogP) is 5.39. The highest BCUT2D eigenvalue weighted by molar-refractivity contribution is 7.91. The van der Waals surface area contributed by atoms with Gasteiger partial charge in [0.25, 0.3) is 15.9 Å². The number of anilines is 1. The highest BCUT2D eigenvalue weighted by Gasteiger charge is 2.45. The molecule has 2 aliphatic heterocycles. The van der Waals surface area contributed by atoms with Crippen LogP contribution in [0.3, 0.4) is 0 Å². The number of halogens is 1. The highest BCUT2D eigenvalue weighted by atomic mass is 35.5. The number of aliphatic hydroxyl groups is 1. The molecule has 2 atom stereocenters. The van der Waals surface area contributed by atoms with Gasteiger partial charge in [-0.3, -0.25) is 4.79 Å². The van der Waals surface area contributed by atoms with Crippen LogP contribution < -0.4 is 19.1 Å². The molecule has 3 aromatic carbocycles. The van der Waals surface area contributed by atoms with Gasteiger partial charge in [0.1, 0.15) is 27.4 Å². The number of carbonyl (C=O) groups excluding carboxylic acids is 1. The zero-order valence-electron chi connectivity index (χ0n) is 24.8. The van der Waals surface area contributed by atoms with Gasteiger partial charge in [0, 0.05) is 58.8 Å². The number of hydrogen-bond acceptors (Lipinski definition) is 8. The Bertz CT molecular complexity index is 1850. The Labute approximate surface area is 266 Å².